The predicted molar refractivity (Wildman–Crippen MR) is 146 cm³/mol. The van der Waals surface area contributed by atoms with Crippen molar-refractivity contribution < 1.29 is 4.79 Å². The van der Waals surface area contributed by atoms with E-state index in [1.165, 1.54) is 17.3 Å². The molecular formula is C29H22N4OS2. The first-order chi connectivity index (χ1) is 17.7. The van der Waals surface area contributed by atoms with Crippen molar-refractivity contribution in [3.05, 3.63) is 109 Å². The van der Waals surface area contributed by atoms with Crippen molar-refractivity contribution in [1.82, 2.24) is 14.8 Å². The molecule has 0 atom stereocenters. The summed E-state index contributed by atoms with van der Waals surface area (Å²) >= 11 is 3.10. The van der Waals surface area contributed by atoms with Crippen LogP contribution in [0.1, 0.15) is 5.56 Å². The van der Waals surface area contributed by atoms with E-state index >= 15 is 0 Å². The van der Waals surface area contributed by atoms with E-state index in [-0.39, 0.29) is 11.7 Å². The Bertz CT molecular complexity index is 1500. The molecule has 36 heavy (non-hydrogen) atoms. The summed E-state index contributed by atoms with van der Waals surface area (Å²) in [6, 6.07) is 34.4. The number of para-hydroxylation sites is 3. The van der Waals surface area contributed by atoms with Crippen molar-refractivity contribution in [3.63, 3.8) is 0 Å². The van der Waals surface area contributed by atoms with Crippen LogP contribution in [-0.4, -0.2) is 26.4 Å². The molecule has 0 unspecified atom stereocenters. The number of rotatable bonds is 5. The highest BCUT2D eigenvalue weighted by Crippen LogP contribution is 2.48. The maximum atomic E-state index is 13.7. The fourth-order valence-electron chi connectivity index (χ4n) is 4.23. The van der Waals surface area contributed by atoms with E-state index in [2.05, 4.69) is 53.5 Å². The minimum atomic E-state index is -0.000280. The smallest absolute Gasteiger partial charge is 0.242 e. The third kappa shape index (κ3) is 4.21. The summed E-state index contributed by atoms with van der Waals surface area (Å²) in [5.74, 6) is 0.979. The molecule has 6 rings (SSSR count). The van der Waals surface area contributed by atoms with Crippen LogP contribution < -0.4 is 4.90 Å². The number of fused-ring (bicyclic) bond motifs is 2. The lowest BCUT2D eigenvalue weighted by Gasteiger charge is -2.30. The molecule has 0 fully saturated rings. The van der Waals surface area contributed by atoms with E-state index in [4.69, 9.17) is 0 Å². The Hall–Kier alpha value is -3.81. The lowest BCUT2D eigenvalue weighted by molar-refractivity contribution is -0.115. The van der Waals surface area contributed by atoms with Crippen LogP contribution in [0.25, 0.3) is 17.1 Å². The molecule has 5 nitrogen and oxygen atoms in total. The van der Waals surface area contributed by atoms with Gasteiger partial charge in [-0.2, -0.15) is 0 Å². The van der Waals surface area contributed by atoms with E-state index in [1.54, 1.807) is 11.8 Å². The van der Waals surface area contributed by atoms with Gasteiger partial charge in [0.1, 0.15) is 0 Å². The maximum absolute atomic E-state index is 13.7. The van der Waals surface area contributed by atoms with Crippen LogP contribution in [-0.2, 0) is 4.79 Å². The Morgan fingerprint density at radius 2 is 1.39 bits per heavy atom. The second kappa shape index (κ2) is 9.68. The third-order valence-corrected chi connectivity index (χ3v) is 8.01. The van der Waals surface area contributed by atoms with Gasteiger partial charge in [0.15, 0.2) is 11.0 Å². The Labute approximate surface area is 218 Å². The summed E-state index contributed by atoms with van der Waals surface area (Å²) in [6.07, 6.45) is 0. The Kier molecular flexibility index (Phi) is 6.09. The van der Waals surface area contributed by atoms with Crippen LogP contribution in [0.2, 0.25) is 0 Å². The van der Waals surface area contributed by atoms with Gasteiger partial charge in [0, 0.05) is 21.0 Å². The van der Waals surface area contributed by atoms with Gasteiger partial charge in [-0.1, -0.05) is 95.8 Å². The van der Waals surface area contributed by atoms with Crippen LogP contribution in [0.3, 0.4) is 0 Å². The molecule has 1 aliphatic heterocycles. The molecule has 176 valence electrons. The fourth-order valence-corrected chi connectivity index (χ4v) is 6.09. The zero-order valence-electron chi connectivity index (χ0n) is 19.5. The SMILES string of the molecule is Cc1ccc(-c2nnc(SCC(=O)N3c4ccccc4Sc4ccccc43)n2-c2ccccc2)cc1. The third-order valence-electron chi connectivity index (χ3n) is 5.96. The Morgan fingerprint density at radius 3 is 2.06 bits per heavy atom. The van der Waals surface area contributed by atoms with Crippen molar-refractivity contribution in [3.8, 4) is 17.1 Å². The highest BCUT2D eigenvalue weighted by molar-refractivity contribution is 8.00. The number of amides is 1. The van der Waals surface area contributed by atoms with Crippen molar-refractivity contribution >= 4 is 40.8 Å². The summed E-state index contributed by atoms with van der Waals surface area (Å²) in [5.41, 5.74) is 4.95. The van der Waals surface area contributed by atoms with E-state index in [0.29, 0.717) is 5.16 Å². The molecule has 1 aliphatic rings. The molecule has 0 spiro atoms. The van der Waals surface area contributed by atoms with Crippen molar-refractivity contribution in [2.75, 3.05) is 10.7 Å². The summed E-state index contributed by atoms with van der Waals surface area (Å²) in [4.78, 5) is 17.7. The first-order valence-electron chi connectivity index (χ1n) is 11.6. The number of aryl methyl sites for hydroxylation is 1. The Balaban J connectivity index is 1.34. The normalized spacial score (nSPS) is 12.2. The number of anilines is 2. The second-order valence-electron chi connectivity index (χ2n) is 8.40. The molecule has 4 aromatic carbocycles. The van der Waals surface area contributed by atoms with Gasteiger partial charge in [0.2, 0.25) is 5.91 Å². The maximum Gasteiger partial charge on any atom is 0.242 e. The van der Waals surface area contributed by atoms with E-state index < -0.39 is 0 Å². The molecule has 1 amide bonds. The standard InChI is InChI=1S/C29H22N4OS2/c1-20-15-17-21(18-16-20)28-30-31-29(32(28)22-9-3-2-4-10-22)35-19-27(34)33-23-11-5-7-13-25(23)36-26-14-8-6-12-24(26)33/h2-18H,19H2,1H3. The zero-order valence-corrected chi connectivity index (χ0v) is 21.2. The molecule has 0 radical (unpaired) electrons. The van der Waals surface area contributed by atoms with Gasteiger partial charge in [-0.05, 0) is 43.3 Å². The van der Waals surface area contributed by atoms with Crippen molar-refractivity contribution in [2.24, 2.45) is 0 Å². The molecule has 2 heterocycles. The molecule has 5 aromatic rings. The van der Waals surface area contributed by atoms with Crippen molar-refractivity contribution in [2.45, 2.75) is 21.9 Å². The minimum Gasteiger partial charge on any atom is -0.278 e. The molecule has 0 saturated carbocycles. The number of benzene rings is 4. The number of carbonyl (C=O) groups is 1. The quantitative estimate of drug-likeness (QED) is 0.237. The van der Waals surface area contributed by atoms with E-state index in [9.17, 15) is 4.79 Å². The molecule has 0 bridgehead atoms. The zero-order chi connectivity index (χ0) is 24.5. The number of aromatic nitrogens is 3. The topological polar surface area (TPSA) is 51.0 Å². The fraction of sp³-hybridized carbons (Fsp3) is 0.0690. The van der Waals surface area contributed by atoms with Gasteiger partial charge >= 0.3 is 0 Å². The molecule has 1 aromatic heterocycles. The van der Waals surface area contributed by atoms with Gasteiger partial charge < -0.3 is 0 Å². The number of hydrogen-bond donors (Lipinski definition) is 0. The number of hydrogen-bond acceptors (Lipinski definition) is 5. The van der Waals surface area contributed by atoms with Gasteiger partial charge in [0.05, 0.1) is 17.1 Å². The molecular weight excluding hydrogens is 484 g/mol. The highest BCUT2D eigenvalue weighted by atomic mass is 32.2. The molecule has 0 N–H and O–H groups in total. The van der Waals surface area contributed by atoms with Crippen LogP contribution in [0.15, 0.2) is 118 Å². The molecule has 0 saturated heterocycles. The predicted octanol–water partition coefficient (Wildman–Crippen LogP) is 7.16. The monoisotopic (exact) mass is 506 g/mol. The lowest BCUT2D eigenvalue weighted by Crippen LogP contribution is -2.30. The lowest BCUT2D eigenvalue weighted by atomic mass is 10.1. The highest BCUT2D eigenvalue weighted by Gasteiger charge is 2.28. The van der Waals surface area contributed by atoms with Gasteiger partial charge in [-0.15, -0.1) is 10.2 Å². The average molecular weight is 507 g/mol. The number of thioether (sulfide) groups is 1. The molecule has 7 heteroatoms. The van der Waals surface area contributed by atoms with Crippen LogP contribution in [0, 0.1) is 6.92 Å². The minimum absolute atomic E-state index is 0.000280. The second-order valence-corrected chi connectivity index (χ2v) is 10.4. The molecule has 0 aliphatic carbocycles. The van der Waals surface area contributed by atoms with Crippen LogP contribution >= 0.6 is 23.5 Å². The van der Waals surface area contributed by atoms with Gasteiger partial charge in [-0.3, -0.25) is 14.3 Å². The summed E-state index contributed by atoms with van der Waals surface area (Å²) < 4.78 is 2.02. The van der Waals surface area contributed by atoms with Gasteiger partial charge in [0.25, 0.3) is 0 Å². The summed E-state index contributed by atoms with van der Waals surface area (Å²) in [7, 11) is 0. The number of nitrogens with zero attached hydrogens (tertiary/aromatic N) is 4. The van der Waals surface area contributed by atoms with Crippen molar-refractivity contribution in [1.29, 1.82) is 0 Å². The van der Waals surface area contributed by atoms with E-state index in [1.807, 2.05) is 76.2 Å². The van der Waals surface area contributed by atoms with Crippen LogP contribution in [0.4, 0.5) is 11.4 Å². The first kappa shape index (κ1) is 22.6. The number of carbonyl (C=O) groups excluding carboxylic acids is 1. The summed E-state index contributed by atoms with van der Waals surface area (Å²) in [6.45, 7) is 2.06. The summed E-state index contributed by atoms with van der Waals surface area (Å²) in [5, 5.41) is 9.70. The first-order valence-corrected chi connectivity index (χ1v) is 13.4. The largest absolute Gasteiger partial charge is 0.278 e. The average Bonchev–Trinajstić information content (AvgIpc) is 3.35. The Morgan fingerprint density at radius 1 is 0.778 bits per heavy atom. The van der Waals surface area contributed by atoms with Gasteiger partial charge in [-0.25, -0.2) is 0 Å². The van der Waals surface area contributed by atoms with E-state index in [0.717, 1.165) is 38.2 Å². The van der Waals surface area contributed by atoms with Crippen LogP contribution in [0.5, 0.6) is 0 Å².